The molecule has 3 heteroatoms. The van der Waals surface area contributed by atoms with Crippen molar-refractivity contribution in [1.29, 1.82) is 0 Å². The third-order valence-electron chi connectivity index (χ3n) is 2.42. The molecule has 0 amide bonds. The average Bonchev–Trinajstić information content (AvgIpc) is 2.27. The van der Waals surface area contributed by atoms with Crippen molar-refractivity contribution in [2.75, 3.05) is 12.4 Å². The van der Waals surface area contributed by atoms with E-state index in [4.69, 9.17) is 0 Å². The summed E-state index contributed by atoms with van der Waals surface area (Å²) in [6.07, 6.45) is 3.88. The lowest BCUT2D eigenvalue weighted by Crippen LogP contribution is -2.04. The van der Waals surface area contributed by atoms with Crippen LogP contribution in [0.15, 0.2) is 12.3 Å². The van der Waals surface area contributed by atoms with Gasteiger partial charge in [-0.2, -0.15) is 0 Å². The highest BCUT2D eigenvalue weighted by Gasteiger charge is 2.10. The van der Waals surface area contributed by atoms with E-state index in [0.717, 1.165) is 22.8 Å². The number of anilines is 1. The van der Waals surface area contributed by atoms with Gasteiger partial charge in [0.05, 0.1) is 17.6 Å². The molecule has 1 aromatic heterocycles. The SMILES string of the molecule is CC=C(C)c1ncc(NC)c(C(C)C)n1. The van der Waals surface area contributed by atoms with Crippen LogP contribution in [0.4, 0.5) is 5.69 Å². The summed E-state index contributed by atoms with van der Waals surface area (Å²) < 4.78 is 0. The molecule has 0 unspecified atom stereocenters. The summed E-state index contributed by atoms with van der Waals surface area (Å²) in [5.74, 6) is 1.22. The summed E-state index contributed by atoms with van der Waals surface area (Å²) in [6, 6.07) is 0. The Balaban J connectivity index is 3.22. The second-order valence-corrected chi connectivity index (χ2v) is 3.87. The highest BCUT2D eigenvalue weighted by atomic mass is 15.0. The zero-order chi connectivity index (χ0) is 11.4. The Bertz CT molecular complexity index is 367. The summed E-state index contributed by atoms with van der Waals surface area (Å²) in [7, 11) is 1.90. The average molecular weight is 205 g/mol. The van der Waals surface area contributed by atoms with E-state index in [1.165, 1.54) is 0 Å². The number of allylic oxidation sites excluding steroid dienone is 2. The number of rotatable bonds is 3. The predicted octanol–water partition coefficient (Wildman–Crippen LogP) is 3.06. The Morgan fingerprint density at radius 3 is 2.60 bits per heavy atom. The van der Waals surface area contributed by atoms with E-state index in [1.54, 1.807) is 0 Å². The van der Waals surface area contributed by atoms with Crippen molar-refractivity contribution < 1.29 is 0 Å². The van der Waals surface area contributed by atoms with Gasteiger partial charge in [0.2, 0.25) is 0 Å². The van der Waals surface area contributed by atoms with Crippen LogP contribution in [-0.4, -0.2) is 17.0 Å². The summed E-state index contributed by atoms with van der Waals surface area (Å²) in [4.78, 5) is 8.89. The lowest BCUT2D eigenvalue weighted by atomic mass is 10.1. The van der Waals surface area contributed by atoms with E-state index in [-0.39, 0.29) is 0 Å². The molecule has 1 rings (SSSR count). The van der Waals surface area contributed by atoms with Crippen molar-refractivity contribution in [1.82, 2.24) is 9.97 Å². The van der Waals surface area contributed by atoms with Gasteiger partial charge in [-0.3, -0.25) is 0 Å². The number of nitrogens with one attached hydrogen (secondary N) is 1. The molecule has 0 spiro atoms. The first-order valence-corrected chi connectivity index (χ1v) is 5.28. The smallest absolute Gasteiger partial charge is 0.154 e. The van der Waals surface area contributed by atoms with Crippen LogP contribution in [0, 0.1) is 0 Å². The fraction of sp³-hybridized carbons (Fsp3) is 0.500. The van der Waals surface area contributed by atoms with Gasteiger partial charge in [-0.15, -0.1) is 0 Å². The molecule has 0 fully saturated rings. The van der Waals surface area contributed by atoms with Gasteiger partial charge in [0.15, 0.2) is 5.82 Å². The van der Waals surface area contributed by atoms with E-state index < -0.39 is 0 Å². The van der Waals surface area contributed by atoms with Crippen molar-refractivity contribution in [3.63, 3.8) is 0 Å². The van der Waals surface area contributed by atoms with Crippen LogP contribution in [0.3, 0.4) is 0 Å². The molecular formula is C12H19N3. The second kappa shape index (κ2) is 4.91. The lowest BCUT2D eigenvalue weighted by Gasteiger charge is -2.12. The first-order chi connectivity index (χ1) is 7.10. The van der Waals surface area contributed by atoms with Crippen LogP contribution in [0.1, 0.15) is 45.1 Å². The van der Waals surface area contributed by atoms with E-state index in [9.17, 15) is 0 Å². The first-order valence-electron chi connectivity index (χ1n) is 5.28. The van der Waals surface area contributed by atoms with Gasteiger partial charge < -0.3 is 5.32 Å². The molecule has 0 atom stereocenters. The predicted molar refractivity (Wildman–Crippen MR) is 65.0 cm³/mol. The van der Waals surface area contributed by atoms with Crippen molar-refractivity contribution in [2.45, 2.75) is 33.6 Å². The molecule has 1 heterocycles. The van der Waals surface area contributed by atoms with E-state index in [2.05, 4.69) is 29.1 Å². The summed E-state index contributed by atoms with van der Waals surface area (Å²) >= 11 is 0. The number of hydrogen-bond donors (Lipinski definition) is 1. The normalized spacial score (nSPS) is 12.0. The standard InChI is InChI=1S/C12H19N3/c1-6-9(4)12-14-7-10(13-5)11(15-12)8(2)3/h6-8,13H,1-5H3. The summed E-state index contributed by atoms with van der Waals surface area (Å²) in [5, 5.41) is 3.12. The van der Waals surface area contributed by atoms with Crippen LogP contribution in [-0.2, 0) is 0 Å². The summed E-state index contributed by atoms with van der Waals surface area (Å²) in [5.41, 5.74) is 3.20. The molecule has 1 N–H and O–H groups in total. The Hall–Kier alpha value is -1.38. The molecule has 0 aliphatic carbocycles. The Labute approximate surface area is 91.7 Å². The van der Waals surface area contributed by atoms with Crippen molar-refractivity contribution >= 4 is 11.3 Å². The highest BCUT2D eigenvalue weighted by Crippen LogP contribution is 2.22. The van der Waals surface area contributed by atoms with Gasteiger partial charge in [0.1, 0.15) is 0 Å². The van der Waals surface area contributed by atoms with Gasteiger partial charge in [-0.1, -0.05) is 19.9 Å². The molecule has 0 radical (unpaired) electrons. The molecule has 82 valence electrons. The van der Waals surface area contributed by atoms with Crippen LogP contribution in [0.5, 0.6) is 0 Å². The van der Waals surface area contributed by atoms with Crippen LogP contribution < -0.4 is 5.32 Å². The van der Waals surface area contributed by atoms with E-state index in [0.29, 0.717) is 5.92 Å². The summed E-state index contributed by atoms with van der Waals surface area (Å²) in [6.45, 7) is 8.30. The van der Waals surface area contributed by atoms with Gasteiger partial charge in [0.25, 0.3) is 0 Å². The Morgan fingerprint density at radius 2 is 2.13 bits per heavy atom. The maximum absolute atomic E-state index is 4.57. The maximum Gasteiger partial charge on any atom is 0.154 e. The van der Waals surface area contributed by atoms with Crippen molar-refractivity contribution in [3.8, 4) is 0 Å². The monoisotopic (exact) mass is 205 g/mol. The third-order valence-corrected chi connectivity index (χ3v) is 2.42. The molecule has 3 nitrogen and oxygen atoms in total. The fourth-order valence-electron chi connectivity index (χ4n) is 1.35. The Morgan fingerprint density at radius 1 is 1.47 bits per heavy atom. The lowest BCUT2D eigenvalue weighted by molar-refractivity contribution is 0.811. The van der Waals surface area contributed by atoms with Crippen LogP contribution in [0.2, 0.25) is 0 Å². The molecular weight excluding hydrogens is 186 g/mol. The fourth-order valence-corrected chi connectivity index (χ4v) is 1.35. The molecule has 0 bridgehead atoms. The molecule has 0 aliphatic rings. The number of aromatic nitrogens is 2. The number of hydrogen-bond acceptors (Lipinski definition) is 3. The quantitative estimate of drug-likeness (QED) is 0.824. The zero-order valence-corrected chi connectivity index (χ0v) is 10.1. The van der Waals surface area contributed by atoms with Crippen LogP contribution in [0.25, 0.3) is 5.57 Å². The molecule has 0 saturated heterocycles. The maximum atomic E-state index is 4.57. The third kappa shape index (κ3) is 2.55. The minimum absolute atomic E-state index is 0.402. The Kier molecular flexibility index (Phi) is 3.83. The van der Waals surface area contributed by atoms with Crippen molar-refractivity contribution in [2.24, 2.45) is 0 Å². The largest absolute Gasteiger partial charge is 0.385 e. The molecule has 0 aliphatic heterocycles. The topological polar surface area (TPSA) is 37.8 Å². The minimum Gasteiger partial charge on any atom is -0.385 e. The molecule has 0 aromatic carbocycles. The van der Waals surface area contributed by atoms with Crippen LogP contribution >= 0.6 is 0 Å². The van der Waals surface area contributed by atoms with Gasteiger partial charge in [-0.25, -0.2) is 9.97 Å². The highest BCUT2D eigenvalue weighted by molar-refractivity contribution is 5.59. The molecule has 0 saturated carbocycles. The minimum atomic E-state index is 0.402. The van der Waals surface area contributed by atoms with E-state index >= 15 is 0 Å². The van der Waals surface area contributed by atoms with E-state index in [1.807, 2.05) is 33.2 Å². The molecule has 15 heavy (non-hydrogen) atoms. The van der Waals surface area contributed by atoms with Gasteiger partial charge >= 0.3 is 0 Å². The van der Waals surface area contributed by atoms with Gasteiger partial charge in [0, 0.05) is 7.05 Å². The zero-order valence-electron chi connectivity index (χ0n) is 10.1. The number of nitrogens with zero attached hydrogens (tertiary/aromatic N) is 2. The second-order valence-electron chi connectivity index (χ2n) is 3.87. The van der Waals surface area contributed by atoms with Crippen molar-refractivity contribution in [3.05, 3.63) is 23.8 Å². The first kappa shape index (κ1) is 11.7. The molecule has 1 aromatic rings. The van der Waals surface area contributed by atoms with Gasteiger partial charge in [-0.05, 0) is 25.3 Å².